The van der Waals surface area contributed by atoms with Gasteiger partial charge in [0.05, 0.1) is 6.10 Å². The van der Waals surface area contributed by atoms with Crippen molar-refractivity contribution >= 4 is 0 Å². The first-order valence-corrected chi connectivity index (χ1v) is 7.90. The zero-order valence-electron chi connectivity index (χ0n) is 13.4. The molecular weight excluding hydrogens is 246 g/mol. The molecule has 1 N–H and O–H groups in total. The molecule has 1 heterocycles. The number of hydrogen-bond acceptors (Lipinski definition) is 2. The lowest BCUT2D eigenvalue weighted by Crippen LogP contribution is -2.40. The van der Waals surface area contributed by atoms with E-state index in [0.29, 0.717) is 6.04 Å². The van der Waals surface area contributed by atoms with Gasteiger partial charge in [0.25, 0.3) is 0 Å². The Morgan fingerprint density at radius 1 is 1.20 bits per heavy atom. The van der Waals surface area contributed by atoms with E-state index >= 15 is 0 Å². The molecule has 0 amide bonds. The lowest BCUT2D eigenvalue weighted by atomic mass is 9.86. The smallest absolute Gasteiger partial charge is 0.0917 e. The van der Waals surface area contributed by atoms with Gasteiger partial charge in [-0.1, -0.05) is 51.5 Å². The second kappa shape index (κ2) is 6.28. The van der Waals surface area contributed by atoms with Crippen LogP contribution in [-0.2, 0) is 5.41 Å². The van der Waals surface area contributed by atoms with Gasteiger partial charge >= 0.3 is 0 Å². The number of piperidine rings is 1. The van der Waals surface area contributed by atoms with Gasteiger partial charge in [0.15, 0.2) is 0 Å². The maximum Gasteiger partial charge on any atom is 0.0917 e. The molecular formula is C18H29NO. The Labute approximate surface area is 123 Å². The van der Waals surface area contributed by atoms with Gasteiger partial charge in [0.2, 0.25) is 0 Å². The minimum Gasteiger partial charge on any atom is -0.387 e. The minimum atomic E-state index is -0.371. The molecule has 20 heavy (non-hydrogen) atoms. The van der Waals surface area contributed by atoms with Gasteiger partial charge in [-0.3, -0.25) is 4.90 Å². The monoisotopic (exact) mass is 275 g/mol. The number of benzene rings is 1. The number of aliphatic hydroxyl groups excluding tert-OH is 1. The lowest BCUT2D eigenvalue weighted by molar-refractivity contribution is 0.0732. The van der Waals surface area contributed by atoms with Crippen LogP contribution in [-0.4, -0.2) is 29.1 Å². The topological polar surface area (TPSA) is 23.5 Å². The molecule has 0 aliphatic carbocycles. The van der Waals surface area contributed by atoms with Crippen LogP contribution in [0.2, 0.25) is 0 Å². The Morgan fingerprint density at radius 3 is 2.40 bits per heavy atom. The highest BCUT2D eigenvalue weighted by molar-refractivity contribution is 5.28. The molecule has 2 rings (SSSR count). The molecule has 0 radical (unpaired) electrons. The Hall–Kier alpha value is -0.860. The standard InChI is InChI=1S/C18H29NO/c1-14-7-5-6-12-19(14)13-17(20)15-8-10-16(11-9-15)18(2,3)4/h8-11,14,17,20H,5-7,12-13H2,1-4H3. The third kappa shape index (κ3) is 3.83. The van der Waals surface area contributed by atoms with E-state index in [0.717, 1.165) is 18.7 Å². The number of likely N-dealkylation sites (tertiary alicyclic amines) is 1. The average Bonchev–Trinajstić information content (AvgIpc) is 2.40. The summed E-state index contributed by atoms with van der Waals surface area (Å²) in [4.78, 5) is 2.42. The highest BCUT2D eigenvalue weighted by atomic mass is 16.3. The molecule has 1 aliphatic rings. The van der Waals surface area contributed by atoms with Gasteiger partial charge in [-0.15, -0.1) is 0 Å². The molecule has 2 unspecified atom stereocenters. The maximum atomic E-state index is 10.4. The maximum absolute atomic E-state index is 10.4. The van der Waals surface area contributed by atoms with E-state index in [4.69, 9.17) is 0 Å². The molecule has 0 spiro atoms. The predicted molar refractivity (Wildman–Crippen MR) is 85.0 cm³/mol. The van der Waals surface area contributed by atoms with E-state index in [9.17, 15) is 5.11 Å². The fourth-order valence-electron chi connectivity index (χ4n) is 2.96. The van der Waals surface area contributed by atoms with Crippen molar-refractivity contribution in [2.24, 2.45) is 0 Å². The number of β-amino-alcohol motifs (C(OH)–C–C–N with tert-alkyl or cyclic N) is 1. The van der Waals surface area contributed by atoms with Crippen molar-refractivity contribution in [2.75, 3.05) is 13.1 Å². The van der Waals surface area contributed by atoms with Crippen molar-refractivity contribution in [1.82, 2.24) is 4.90 Å². The first kappa shape index (κ1) is 15.5. The van der Waals surface area contributed by atoms with E-state index in [1.165, 1.54) is 24.8 Å². The first-order valence-electron chi connectivity index (χ1n) is 7.90. The van der Waals surface area contributed by atoms with Crippen molar-refractivity contribution in [1.29, 1.82) is 0 Å². The summed E-state index contributed by atoms with van der Waals surface area (Å²) in [7, 11) is 0. The Balaban J connectivity index is 2.00. The summed E-state index contributed by atoms with van der Waals surface area (Å²) in [5.41, 5.74) is 2.53. The number of nitrogens with zero attached hydrogens (tertiary/aromatic N) is 1. The van der Waals surface area contributed by atoms with Gasteiger partial charge in [-0.25, -0.2) is 0 Å². The zero-order chi connectivity index (χ0) is 14.8. The summed E-state index contributed by atoms with van der Waals surface area (Å²) >= 11 is 0. The van der Waals surface area contributed by atoms with Crippen molar-refractivity contribution in [3.05, 3.63) is 35.4 Å². The van der Waals surface area contributed by atoms with Gasteiger partial charge < -0.3 is 5.11 Å². The number of hydrogen-bond donors (Lipinski definition) is 1. The Kier molecular flexibility index (Phi) is 4.87. The van der Waals surface area contributed by atoms with Crippen LogP contribution in [0.5, 0.6) is 0 Å². The fraction of sp³-hybridized carbons (Fsp3) is 0.667. The minimum absolute atomic E-state index is 0.171. The van der Waals surface area contributed by atoms with E-state index in [1.807, 2.05) is 0 Å². The van der Waals surface area contributed by atoms with Gasteiger partial charge in [0, 0.05) is 12.6 Å². The molecule has 112 valence electrons. The molecule has 1 fully saturated rings. The SMILES string of the molecule is CC1CCCCN1CC(O)c1ccc(C(C)(C)C)cc1. The molecule has 2 heteroatoms. The van der Waals surface area contributed by atoms with Crippen LogP contribution in [0.1, 0.15) is 64.2 Å². The molecule has 1 aromatic carbocycles. The second-order valence-electron chi connectivity index (χ2n) is 7.23. The second-order valence-corrected chi connectivity index (χ2v) is 7.23. The molecule has 0 bridgehead atoms. The average molecular weight is 275 g/mol. The molecule has 1 aromatic rings. The summed E-state index contributed by atoms with van der Waals surface area (Å²) in [6.07, 6.45) is 3.48. The summed E-state index contributed by atoms with van der Waals surface area (Å²) in [6.45, 7) is 10.8. The largest absolute Gasteiger partial charge is 0.387 e. The summed E-state index contributed by atoms with van der Waals surface area (Å²) in [5.74, 6) is 0. The third-order valence-electron chi connectivity index (χ3n) is 4.51. The Bertz CT molecular complexity index is 418. The van der Waals surface area contributed by atoms with Crippen LogP contribution in [0.25, 0.3) is 0 Å². The lowest BCUT2D eigenvalue weighted by Gasteiger charge is -2.34. The van der Waals surface area contributed by atoms with Crippen LogP contribution in [0, 0.1) is 0 Å². The van der Waals surface area contributed by atoms with Crippen LogP contribution in [0.15, 0.2) is 24.3 Å². The summed E-state index contributed by atoms with van der Waals surface area (Å²) in [6, 6.07) is 9.07. The molecule has 1 aliphatic heterocycles. The first-order chi connectivity index (χ1) is 9.38. The van der Waals surface area contributed by atoms with E-state index in [2.05, 4.69) is 56.9 Å². The van der Waals surface area contributed by atoms with Crippen molar-refractivity contribution in [3.63, 3.8) is 0 Å². The molecule has 2 nitrogen and oxygen atoms in total. The number of aliphatic hydroxyl groups is 1. The molecule has 1 saturated heterocycles. The predicted octanol–water partition coefficient (Wildman–Crippen LogP) is 3.89. The van der Waals surface area contributed by atoms with Gasteiger partial charge in [-0.05, 0) is 42.9 Å². The highest BCUT2D eigenvalue weighted by Crippen LogP contribution is 2.25. The van der Waals surface area contributed by atoms with Crippen LogP contribution >= 0.6 is 0 Å². The van der Waals surface area contributed by atoms with Crippen LogP contribution in [0.3, 0.4) is 0 Å². The molecule has 2 atom stereocenters. The number of rotatable bonds is 3. The van der Waals surface area contributed by atoms with E-state index < -0.39 is 0 Å². The van der Waals surface area contributed by atoms with Crippen LogP contribution in [0.4, 0.5) is 0 Å². The van der Waals surface area contributed by atoms with E-state index in [-0.39, 0.29) is 11.5 Å². The van der Waals surface area contributed by atoms with Crippen LogP contribution < -0.4 is 0 Å². The van der Waals surface area contributed by atoms with E-state index in [1.54, 1.807) is 0 Å². The normalized spacial score (nSPS) is 22.8. The van der Waals surface area contributed by atoms with Gasteiger partial charge in [0.1, 0.15) is 0 Å². The van der Waals surface area contributed by atoms with Gasteiger partial charge in [-0.2, -0.15) is 0 Å². The molecule has 0 aromatic heterocycles. The third-order valence-corrected chi connectivity index (χ3v) is 4.51. The highest BCUT2D eigenvalue weighted by Gasteiger charge is 2.22. The summed E-state index contributed by atoms with van der Waals surface area (Å²) in [5, 5.41) is 10.4. The quantitative estimate of drug-likeness (QED) is 0.904. The van der Waals surface area contributed by atoms with Crippen molar-refractivity contribution < 1.29 is 5.11 Å². The zero-order valence-corrected chi connectivity index (χ0v) is 13.4. The summed E-state index contributed by atoms with van der Waals surface area (Å²) < 4.78 is 0. The van der Waals surface area contributed by atoms with Crippen molar-refractivity contribution in [3.8, 4) is 0 Å². The van der Waals surface area contributed by atoms with Crippen molar-refractivity contribution in [2.45, 2.75) is 64.5 Å². The molecule has 0 saturated carbocycles. The Morgan fingerprint density at radius 2 is 1.85 bits per heavy atom. The fourth-order valence-corrected chi connectivity index (χ4v) is 2.96.